The number of aromatic amines is 1. The molecule has 5 rings (SSSR count). The van der Waals surface area contributed by atoms with Crippen LogP contribution >= 0.6 is 0 Å². The Morgan fingerprint density at radius 1 is 1.09 bits per heavy atom. The fraction of sp³-hybridized carbons (Fsp3) is 0.385. The molecule has 1 saturated heterocycles. The highest BCUT2D eigenvalue weighted by molar-refractivity contribution is 6.22. The number of imide groups is 1. The van der Waals surface area contributed by atoms with Crippen LogP contribution in [-0.2, 0) is 4.74 Å². The van der Waals surface area contributed by atoms with Crippen LogP contribution in [0.2, 0.25) is 0 Å². The third-order valence-electron chi connectivity index (χ3n) is 6.77. The number of ether oxygens (including phenoxy) is 1. The molecule has 3 aromatic rings. The van der Waals surface area contributed by atoms with Gasteiger partial charge in [-0.3, -0.25) is 19.3 Å². The van der Waals surface area contributed by atoms with Gasteiger partial charge in [0.05, 0.1) is 22.2 Å². The predicted molar refractivity (Wildman–Crippen MR) is 127 cm³/mol. The Hall–Kier alpha value is -3.52. The number of nitrogens with zero attached hydrogens (tertiary/aromatic N) is 3. The number of hydrogen-bond donors (Lipinski definition) is 1. The smallest absolute Gasteiger partial charge is 0.261 e. The normalized spacial score (nSPS) is 16.5. The van der Waals surface area contributed by atoms with Gasteiger partial charge in [0.25, 0.3) is 17.7 Å². The van der Waals surface area contributed by atoms with Crippen molar-refractivity contribution < 1.29 is 19.1 Å². The van der Waals surface area contributed by atoms with Crippen LogP contribution in [0.4, 0.5) is 0 Å². The largest absolute Gasteiger partial charge is 0.385 e. The van der Waals surface area contributed by atoms with Crippen LogP contribution in [0.1, 0.15) is 67.6 Å². The number of amides is 3. The Morgan fingerprint density at radius 3 is 2.62 bits per heavy atom. The average molecular weight is 461 g/mol. The highest BCUT2D eigenvalue weighted by Gasteiger charge is 2.36. The Morgan fingerprint density at radius 2 is 1.85 bits per heavy atom. The SMILES string of the molecule is COCCCN1C(=O)c2ccc(C(=O)N3CCC(c4nc5ccc(C)cc5[nH]4)CC3)cc2C1=O. The molecule has 1 aromatic heterocycles. The number of piperidine rings is 1. The molecule has 2 aliphatic heterocycles. The molecule has 3 heterocycles. The topological polar surface area (TPSA) is 95.6 Å². The van der Waals surface area contributed by atoms with E-state index in [1.165, 1.54) is 10.5 Å². The van der Waals surface area contributed by atoms with E-state index >= 15 is 0 Å². The Bertz CT molecular complexity index is 1270. The summed E-state index contributed by atoms with van der Waals surface area (Å²) in [5.41, 5.74) is 4.31. The minimum atomic E-state index is -0.343. The highest BCUT2D eigenvalue weighted by atomic mass is 16.5. The zero-order chi connectivity index (χ0) is 23.8. The molecule has 1 N–H and O–H groups in total. The molecule has 176 valence electrons. The molecule has 0 aliphatic carbocycles. The first-order valence-electron chi connectivity index (χ1n) is 11.7. The van der Waals surface area contributed by atoms with Gasteiger partial charge in [-0.25, -0.2) is 4.98 Å². The molecule has 0 radical (unpaired) electrons. The van der Waals surface area contributed by atoms with Crippen molar-refractivity contribution >= 4 is 28.8 Å². The fourth-order valence-electron chi connectivity index (χ4n) is 4.87. The average Bonchev–Trinajstić information content (AvgIpc) is 3.38. The lowest BCUT2D eigenvalue weighted by molar-refractivity contribution is 0.0638. The summed E-state index contributed by atoms with van der Waals surface area (Å²) < 4.78 is 5.02. The van der Waals surface area contributed by atoms with Crippen molar-refractivity contribution in [2.24, 2.45) is 0 Å². The summed E-state index contributed by atoms with van der Waals surface area (Å²) in [5, 5.41) is 0. The molecule has 0 atom stereocenters. The predicted octanol–water partition coefficient (Wildman–Crippen LogP) is 3.52. The van der Waals surface area contributed by atoms with Crippen molar-refractivity contribution in [1.29, 1.82) is 0 Å². The summed E-state index contributed by atoms with van der Waals surface area (Å²) in [6, 6.07) is 11.0. The second-order valence-corrected chi connectivity index (χ2v) is 9.08. The molecule has 1 fully saturated rings. The number of imidazole rings is 1. The number of aromatic nitrogens is 2. The zero-order valence-electron chi connectivity index (χ0n) is 19.5. The first-order chi connectivity index (χ1) is 16.5. The minimum Gasteiger partial charge on any atom is -0.385 e. The lowest BCUT2D eigenvalue weighted by atomic mass is 9.95. The molecule has 0 unspecified atom stereocenters. The van der Waals surface area contributed by atoms with E-state index in [1.807, 2.05) is 11.0 Å². The first kappa shape index (κ1) is 22.3. The standard InChI is InChI=1S/C26H28N4O4/c1-16-4-7-21-22(14-16)28-23(27-21)17-8-11-29(12-9-17)24(31)18-5-6-19-20(15-18)26(33)30(25(19)32)10-3-13-34-2/h4-7,14-15,17H,3,8-13H2,1-2H3,(H,27,28). The molecule has 8 heteroatoms. The van der Waals surface area contributed by atoms with E-state index in [4.69, 9.17) is 9.72 Å². The molecular formula is C26H28N4O4. The number of carbonyl (C=O) groups is 3. The van der Waals surface area contributed by atoms with Crippen LogP contribution in [0, 0.1) is 6.92 Å². The molecule has 0 spiro atoms. The van der Waals surface area contributed by atoms with E-state index in [2.05, 4.69) is 24.0 Å². The van der Waals surface area contributed by atoms with Gasteiger partial charge in [-0.05, 0) is 62.1 Å². The van der Waals surface area contributed by atoms with Crippen molar-refractivity contribution in [2.45, 2.75) is 32.1 Å². The van der Waals surface area contributed by atoms with Crippen molar-refractivity contribution in [3.63, 3.8) is 0 Å². The lowest BCUT2D eigenvalue weighted by Gasteiger charge is -2.31. The minimum absolute atomic E-state index is 0.112. The van der Waals surface area contributed by atoms with Crippen LogP contribution in [0.15, 0.2) is 36.4 Å². The van der Waals surface area contributed by atoms with E-state index in [-0.39, 0.29) is 23.6 Å². The number of aryl methyl sites for hydroxylation is 1. The summed E-state index contributed by atoms with van der Waals surface area (Å²) in [6.07, 6.45) is 2.22. The van der Waals surface area contributed by atoms with Gasteiger partial charge in [0, 0.05) is 44.8 Å². The molecule has 34 heavy (non-hydrogen) atoms. The number of rotatable bonds is 6. The summed E-state index contributed by atoms with van der Waals surface area (Å²) in [4.78, 5) is 49.8. The van der Waals surface area contributed by atoms with Gasteiger partial charge in [0.1, 0.15) is 5.82 Å². The second kappa shape index (κ2) is 9.02. The highest BCUT2D eigenvalue weighted by Crippen LogP contribution is 2.30. The van der Waals surface area contributed by atoms with E-state index in [0.717, 1.165) is 29.7 Å². The van der Waals surface area contributed by atoms with Crippen LogP contribution < -0.4 is 0 Å². The Labute approximate surface area is 197 Å². The van der Waals surface area contributed by atoms with Crippen molar-refractivity contribution in [3.8, 4) is 0 Å². The summed E-state index contributed by atoms with van der Waals surface area (Å²) in [7, 11) is 1.58. The van der Waals surface area contributed by atoms with Crippen LogP contribution in [-0.4, -0.2) is 70.8 Å². The number of methoxy groups -OCH3 is 1. The number of carbonyl (C=O) groups excluding carboxylic acids is 3. The fourth-order valence-corrected chi connectivity index (χ4v) is 4.87. The molecule has 2 aromatic carbocycles. The van der Waals surface area contributed by atoms with Gasteiger partial charge in [-0.1, -0.05) is 6.07 Å². The Kier molecular flexibility index (Phi) is 5.91. The van der Waals surface area contributed by atoms with E-state index in [9.17, 15) is 14.4 Å². The number of fused-ring (bicyclic) bond motifs is 2. The van der Waals surface area contributed by atoms with E-state index in [1.54, 1.807) is 25.3 Å². The molecule has 3 amide bonds. The summed E-state index contributed by atoms with van der Waals surface area (Å²) >= 11 is 0. The van der Waals surface area contributed by atoms with Gasteiger partial charge in [0.15, 0.2) is 0 Å². The molecule has 0 bridgehead atoms. The van der Waals surface area contributed by atoms with Gasteiger partial charge in [-0.2, -0.15) is 0 Å². The maximum absolute atomic E-state index is 13.2. The van der Waals surface area contributed by atoms with E-state index in [0.29, 0.717) is 49.4 Å². The molecule has 2 aliphatic rings. The molecular weight excluding hydrogens is 432 g/mol. The maximum Gasteiger partial charge on any atom is 0.261 e. The van der Waals surface area contributed by atoms with Crippen molar-refractivity contribution in [1.82, 2.24) is 19.8 Å². The third-order valence-corrected chi connectivity index (χ3v) is 6.77. The quantitative estimate of drug-likeness (QED) is 0.449. The number of hydrogen-bond acceptors (Lipinski definition) is 5. The summed E-state index contributed by atoms with van der Waals surface area (Å²) in [5.74, 6) is 0.487. The number of nitrogens with one attached hydrogen (secondary N) is 1. The van der Waals surface area contributed by atoms with E-state index < -0.39 is 0 Å². The van der Waals surface area contributed by atoms with Crippen molar-refractivity contribution in [3.05, 3.63) is 64.5 Å². The van der Waals surface area contributed by atoms with Gasteiger partial charge >= 0.3 is 0 Å². The van der Waals surface area contributed by atoms with Crippen LogP contribution in [0.25, 0.3) is 11.0 Å². The molecule has 8 nitrogen and oxygen atoms in total. The Balaban J connectivity index is 1.25. The number of likely N-dealkylation sites (tertiary alicyclic amines) is 1. The van der Waals surface area contributed by atoms with Crippen molar-refractivity contribution in [2.75, 3.05) is 33.4 Å². The van der Waals surface area contributed by atoms with Crippen LogP contribution in [0.3, 0.4) is 0 Å². The van der Waals surface area contributed by atoms with Crippen LogP contribution in [0.5, 0.6) is 0 Å². The van der Waals surface area contributed by atoms with Gasteiger partial charge in [0.2, 0.25) is 0 Å². The zero-order valence-corrected chi connectivity index (χ0v) is 19.5. The van der Waals surface area contributed by atoms with Gasteiger partial charge < -0.3 is 14.6 Å². The summed E-state index contributed by atoms with van der Waals surface area (Å²) in [6.45, 7) is 4.07. The number of H-pyrrole nitrogens is 1. The monoisotopic (exact) mass is 460 g/mol. The maximum atomic E-state index is 13.2. The third kappa shape index (κ3) is 3.98. The molecule has 0 saturated carbocycles. The lowest BCUT2D eigenvalue weighted by Crippen LogP contribution is -2.38. The second-order valence-electron chi connectivity index (χ2n) is 9.08. The van der Waals surface area contributed by atoms with Gasteiger partial charge in [-0.15, -0.1) is 0 Å². The first-order valence-corrected chi connectivity index (χ1v) is 11.7. The number of benzene rings is 2.